The molecule has 1 aromatic rings. The van der Waals surface area contributed by atoms with Gasteiger partial charge in [0.25, 0.3) is 0 Å². The van der Waals surface area contributed by atoms with Gasteiger partial charge in [0, 0.05) is 10.0 Å². The fourth-order valence-corrected chi connectivity index (χ4v) is 1.73. The average molecular weight is 244 g/mol. The van der Waals surface area contributed by atoms with Crippen LogP contribution in [0, 0.1) is 18.3 Å². The van der Waals surface area contributed by atoms with Crippen molar-refractivity contribution in [2.24, 2.45) is 0 Å². The minimum Gasteiger partial charge on any atom is -0.480 e. The van der Waals surface area contributed by atoms with Crippen molar-refractivity contribution in [2.45, 2.75) is 12.8 Å². The van der Waals surface area contributed by atoms with Crippen LogP contribution in [-0.2, 0) is 4.79 Å². The van der Waals surface area contributed by atoms with Crippen molar-refractivity contribution >= 4 is 29.2 Å². The Labute approximate surface area is 96.8 Å². The van der Waals surface area contributed by atoms with Crippen molar-refractivity contribution in [3.05, 3.63) is 33.3 Å². The first-order valence-electron chi connectivity index (χ1n) is 4.05. The van der Waals surface area contributed by atoms with Gasteiger partial charge in [-0.05, 0) is 30.2 Å². The van der Waals surface area contributed by atoms with E-state index in [-0.39, 0.29) is 0 Å². The minimum atomic E-state index is -1.24. The quantitative estimate of drug-likeness (QED) is 0.869. The van der Waals surface area contributed by atoms with Gasteiger partial charge < -0.3 is 5.11 Å². The molecule has 0 saturated carbocycles. The topological polar surface area (TPSA) is 61.1 Å². The standard InChI is InChI=1S/C10H7Cl2NO2/c1-5-7(8(4-13)10(14)15)2-6(11)3-9(5)12/h2-3,8H,1H3,(H,14,15). The highest BCUT2D eigenvalue weighted by atomic mass is 35.5. The third-order valence-electron chi connectivity index (χ3n) is 2.04. The fraction of sp³-hybridized carbons (Fsp3) is 0.200. The lowest BCUT2D eigenvalue weighted by Crippen LogP contribution is -2.10. The lowest BCUT2D eigenvalue weighted by molar-refractivity contribution is -0.137. The second-order valence-corrected chi connectivity index (χ2v) is 3.85. The summed E-state index contributed by atoms with van der Waals surface area (Å²) in [6.07, 6.45) is 0. The van der Waals surface area contributed by atoms with Gasteiger partial charge in [0.05, 0.1) is 6.07 Å². The van der Waals surface area contributed by atoms with E-state index in [9.17, 15) is 4.79 Å². The molecule has 0 heterocycles. The first-order valence-corrected chi connectivity index (χ1v) is 4.81. The van der Waals surface area contributed by atoms with Crippen LogP contribution < -0.4 is 0 Å². The zero-order valence-corrected chi connectivity index (χ0v) is 9.30. The van der Waals surface area contributed by atoms with E-state index in [0.29, 0.717) is 21.2 Å². The highest BCUT2D eigenvalue weighted by Crippen LogP contribution is 2.29. The molecule has 0 spiro atoms. The van der Waals surface area contributed by atoms with Crippen molar-refractivity contribution in [1.82, 2.24) is 0 Å². The first kappa shape index (κ1) is 11.8. The molecule has 1 aromatic carbocycles. The van der Waals surface area contributed by atoms with Gasteiger partial charge in [-0.15, -0.1) is 0 Å². The molecule has 1 atom stereocenters. The molecule has 0 aromatic heterocycles. The number of nitriles is 1. The lowest BCUT2D eigenvalue weighted by Gasteiger charge is -2.10. The van der Waals surface area contributed by atoms with E-state index in [1.165, 1.54) is 12.1 Å². The third-order valence-corrected chi connectivity index (χ3v) is 2.65. The number of aliphatic carboxylic acids is 1. The van der Waals surface area contributed by atoms with Crippen molar-refractivity contribution in [2.75, 3.05) is 0 Å². The van der Waals surface area contributed by atoms with Crippen LogP contribution in [0.15, 0.2) is 12.1 Å². The summed E-state index contributed by atoms with van der Waals surface area (Å²) in [5, 5.41) is 18.2. The van der Waals surface area contributed by atoms with E-state index in [1.54, 1.807) is 13.0 Å². The number of carbonyl (C=O) groups is 1. The number of benzene rings is 1. The average Bonchev–Trinajstić information content (AvgIpc) is 2.13. The maximum absolute atomic E-state index is 10.8. The molecule has 5 heteroatoms. The summed E-state index contributed by atoms with van der Waals surface area (Å²) in [4.78, 5) is 10.8. The highest BCUT2D eigenvalue weighted by Gasteiger charge is 2.22. The summed E-state index contributed by atoms with van der Waals surface area (Å²) in [7, 11) is 0. The predicted octanol–water partition coefficient (Wildman–Crippen LogP) is 2.99. The Hall–Kier alpha value is -1.24. The van der Waals surface area contributed by atoms with Gasteiger partial charge in [0.1, 0.15) is 0 Å². The number of rotatable bonds is 2. The molecule has 15 heavy (non-hydrogen) atoms. The fourth-order valence-electron chi connectivity index (χ4n) is 1.22. The largest absolute Gasteiger partial charge is 0.480 e. The van der Waals surface area contributed by atoms with Gasteiger partial charge >= 0.3 is 5.97 Å². The molecule has 0 amide bonds. The highest BCUT2D eigenvalue weighted by molar-refractivity contribution is 6.35. The van der Waals surface area contributed by atoms with Gasteiger partial charge in [-0.2, -0.15) is 5.26 Å². The van der Waals surface area contributed by atoms with Gasteiger partial charge in [0.2, 0.25) is 0 Å². The molecule has 78 valence electrons. The maximum Gasteiger partial charge on any atom is 0.325 e. The van der Waals surface area contributed by atoms with Crippen LogP contribution in [0.1, 0.15) is 17.0 Å². The zero-order valence-electron chi connectivity index (χ0n) is 7.79. The molecular weight excluding hydrogens is 237 g/mol. The summed E-state index contributed by atoms with van der Waals surface area (Å²) in [6.45, 7) is 1.65. The molecule has 1 unspecified atom stereocenters. The Bertz CT molecular complexity index is 451. The summed E-state index contributed by atoms with van der Waals surface area (Å²) in [5.41, 5.74) is 0.900. The number of halogens is 2. The van der Waals surface area contributed by atoms with E-state index in [1.807, 2.05) is 0 Å². The Balaban J connectivity index is 3.37. The molecule has 0 bridgehead atoms. The van der Waals surface area contributed by atoms with Gasteiger partial charge in [-0.3, -0.25) is 4.79 Å². The first-order chi connectivity index (χ1) is 6.97. The number of carboxylic acids is 1. The van der Waals surface area contributed by atoms with Crippen LogP contribution in [0.25, 0.3) is 0 Å². The van der Waals surface area contributed by atoms with Crippen LogP contribution in [0.5, 0.6) is 0 Å². The van der Waals surface area contributed by atoms with Crippen LogP contribution >= 0.6 is 23.2 Å². The maximum atomic E-state index is 10.8. The molecule has 1 rings (SSSR count). The van der Waals surface area contributed by atoms with Crippen LogP contribution in [0.4, 0.5) is 0 Å². The smallest absolute Gasteiger partial charge is 0.325 e. The van der Waals surface area contributed by atoms with E-state index < -0.39 is 11.9 Å². The molecule has 0 saturated heterocycles. The number of hydrogen-bond donors (Lipinski definition) is 1. The Morgan fingerprint density at radius 1 is 1.53 bits per heavy atom. The van der Waals surface area contributed by atoms with Gasteiger partial charge in [-0.25, -0.2) is 0 Å². The van der Waals surface area contributed by atoms with Crippen molar-refractivity contribution in [1.29, 1.82) is 5.26 Å². The molecule has 1 N–H and O–H groups in total. The Kier molecular flexibility index (Phi) is 3.57. The number of hydrogen-bond acceptors (Lipinski definition) is 2. The number of carboxylic acid groups (broad SMARTS) is 1. The number of nitrogens with zero attached hydrogens (tertiary/aromatic N) is 1. The second kappa shape index (κ2) is 4.52. The minimum absolute atomic E-state index is 0.321. The van der Waals surface area contributed by atoms with Crippen LogP contribution in [-0.4, -0.2) is 11.1 Å². The molecular formula is C10H7Cl2NO2. The van der Waals surface area contributed by atoms with E-state index in [2.05, 4.69) is 0 Å². The Morgan fingerprint density at radius 2 is 2.13 bits per heavy atom. The van der Waals surface area contributed by atoms with E-state index >= 15 is 0 Å². The third kappa shape index (κ3) is 2.41. The lowest BCUT2D eigenvalue weighted by atomic mass is 9.96. The van der Waals surface area contributed by atoms with Gasteiger partial charge in [0.15, 0.2) is 5.92 Å². The summed E-state index contributed by atoms with van der Waals surface area (Å²) in [6, 6.07) is 4.66. The molecule has 0 radical (unpaired) electrons. The van der Waals surface area contributed by atoms with Crippen LogP contribution in [0.2, 0.25) is 10.0 Å². The van der Waals surface area contributed by atoms with Crippen molar-refractivity contribution < 1.29 is 9.90 Å². The van der Waals surface area contributed by atoms with Crippen LogP contribution in [0.3, 0.4) is 0 Å². The zero-order chi connectivity index (χ0) is 11.6. The van der Waals surface area contributed by atoms with Crippen molar-refractivity contribution in [3.8, 4) is 6.07 Å². The predicted molar refractivity (Wildman–Crippen MR) is 57.2 cm³/mol. The van der Waals surface area contributed by atoms with Crippen molar-refractivity contribution in [3.63, 3.8) is 0 Å². The van der Waals surface area contributed by atoms with E-state index in [4.69, 9.17) is 33.6 Å². The molecule has 3 nitrogen and oxygen atoms in total. The molecule has 0 aliphatic rings. The molecule has 0 aliphatic heterocycles. The normalized spacial score (nSPS) is 11.9. The summed E-state index contributed by atoms with van der Waals surface area (Å²) < 4.78 is 0. The SMILES string of the molecule is Cc1c(Cl)cc(Cl)cc1C(C#N)C(=O)O. The summed E-state index contributed by atoms with van der Waals surface area (Å²) in [5.74, 6) is -2.44. The summed E-state index contributed by atoms with van der Waals surface area (Å²) >= 11 is 11.6. The molecule has 0 fully saturated rings. The molecule has 0 aliphatic carbocycles. The second-order valence-electron chi connectivity index (χ2n) is 3.00. The Morgan fingerprint density at radius 3 is 2.60 bits per heavy atom. The monoisotopic (exact) mass is 243 g/mol. The van der Waals surface area contributed by atoms with Gasteiger partial charge in [-0.1, -0.05) is 23.2 Å². The van der Waals surface area contributed by atoms with E-state index in [0.717, 1.165) is 0 Å².